The molecular weight excluding hydrogens is 314 g/mol. The number of nitrogens with zero attached hydrogens (tertiary/aromatic N) is 1. The van der Waals surface area contributed by atoms with E-state index in [2.05, 4.69) is 60.7 Å². The second-order valence-corrected chi connectivity index (χ2v) is 6.35. The Hall–Kier alpha value is -1.35. The molecule has 0 bridgehead atoms. The lowest BCUT2D eigenvalue weighted by Crippen LogP contribution is -2.06. The van der Waals surface area contributed by atoms with Crippen molar-refractivity contribution in [3.63, 3.8) is 0 Å². The lowest BCUT2D eigenvalue weighted by Gasteiger charge is -2.16. The van der Waals surface area contributed by atoms with Crippen molar-refractivity contribution in [1.29, 1.82) is 0 Å². The van der Waals surface area contributed by atoms with Crippen LogP contribution < -0.4 is 4.74 Å². The molecular formula is C17H18BrNO. The standard InChI is InChI=1S/C17H18BrNO/c1-9-5-6-14(19-7-9)13-8-20-17-11(3)10(2)16(18)12(4)15(13)17/h5-7,13H,8H2,1-4H3. The molecule has 104 valence electrons. The van der Waals surface area contributed by atoms with E-state index in [9.17, 15) is 0 Å². The van der Waals surface area contributed by atoms with Crippen LogP contribution in [0.15, 0.2) is 22.8 Å². The second kappa shape index (κ2) is 4.88. The Morgan fingerprint density at radius 1 is 1.10 bits per heavy atom. The Bertz CT molecular complexity index is 677. The minimum absolute atomic E-state index is 0.237. The lowest BCUT2D eigenvalue weighted by atomic mass is 9.90. The molecule has 20 heavy (non-hydrogen) atoms. The number of halogens is 1. The maximum atomic E-state index is 5.98. The molecule has 1 aliphatic rings. The van der Waals surface area contributed by atoms with E-state index in [0.29, 0.717) is 6.61 Å². The van der Waals surface area contributed by atoms with Gasteiger partial charge in [-0.2, -0.15) is 0 Å². The van der Waals surface area contributed by atoms with Gasteiger partial charge in [-0.3, -0.25) is 4.98 Å². The van der Waals surface area contributed by atoms with Crippen LogP contribution in [0.25, 0.3) is 0 Å². The highest BCUT2D eigenvalue weighted by atomic mass is 79.9. The first-order valence-corrected chi connectivity index (χ1v) is 7.64. The third-order valence-electron chi connectivity index (χ3n) is 4.24. The Kier molecular flexibility index (Phi) is 3.33. The van der Waals surface area contributed by atoms with Crippen LogP contribution in [-0.4, -0.2) is 11.6 Å². The van der Waals surface area contributed by atoms with E-state index in [-0.39, 0.29) is 5.92 Å². The number of ether oxygens (including phenoxy) is 1. The highest BCUT2D eigenvalue weighted by Crippen LogP contribution is 2.45. The minimum Gasteiger partial charge on any atom is -0.492 e. The molecule has 0 N–H and O–H groups in total. The van der Waals surface area contributed by atoms with E-state index in [0.717, 1.165) is 11.4 Å². The summed E-state index contributed by atoms with van der Waals surface area (Å²) in [7, 11) is 0. The summed E-state index contributed by atoms with van der Waals surface area (Å²) in [6.07, 6.45) is 1.93. The third-order valence-corrected chi connectivity index (χ3v) is 5.43. The fraction of sp³-hybridized carbons (Fsp3) is 0.353. The summed E-state index contributed by atoms with van der Waals surface area (Å²) in [5.41, 5.74) is 7.33. The van der Waals surface area contributed by atoms with Crippen molar-refractivity contribution in [2.24, 2.45) is 0 Å². The highest BCUT2D eigenvalue weighted by Gasteiger charge is 2.31. The van der Waals surface area contributed by atoms with Gasteiger partial charge in [0.15, 0.2) is 0 Å². The molecule has 0 aliphatic carbocycles. The number of aryl methyl sites for hydroxylation is 1. The van der Waals surface area contributed by atoms with Gasteiger partial charge in [-0.1, -0.05) is 22.0 Å². The van der Waals surface area contributed by atoms with Crippen molar-refractivity contribution in [2.75, 3.05) is 6.61 Å². The van der Waals surface area contributed by atoms with Crippen molar-refractivity contribution < 1.29 is 4.74 Å². The molecule has 0 fully saturated rings. The largest absolute Gasteiger partial charge is 0.492 e. The van der Waals surface area contributed by atoms with Gasteiger partial charge in [-0.15, -0.1) is 0 Å². The molecule has 3 heteroatoms. The highest BCUT2D eigenvalue weighted by molar-refractivity contribution is 9.10. The van der Waals surface area contributed by atoms with Gasteiger partial charge in [0.05, 0.1) is 11.6 Å². The average molecular weight is 332 g/mol. The van der Waals surface area contributed by atoms with Gasteiger partial charge in [0.2, 0.25) is 0 Å². The van der Waals surface area contributed by atoms with Crippen LogP contribution in [0.2, 0.25) is 0 Å². The van der Waals surface area contributed by atoms with Gasteiger partial charge < -0.3 is 4.74 Å². The van der Waals surface area contributed by atoms with Gasteiger partial charge in [-0.05, 0) is 56.0 Å². The zero-order valence-corrected chi connectivity index (χ0v) is 13.8. The molecule has 0 radical (unpaired) electrons. The SMILES string of the molecule is Cc1ccc(C2COc3c(C)c(C)c(Br)c(C)c32)nc1. The van der Waals surface area contributed by atoms with Crippen LogP contribution in [0, 0.1) is 27.7 Å². The maximum absolute atomic E-state index is 5.98. The van der Waals surface area contributed by atoms with Gasteiger partial charge in [0.1, 0.15) is 12.4 Å². The van der Waals surface area contributed by atoms with E-state index in [1.54, 1.807) is 0 Å². The Morgan fingerprint density at radius 3 is 2.50 bits per heavy atom. The summed E-state index contributed by atoms with van der Waals surface area (Å²) >= 11 is 3.72. The summed E-state index contributed by atoms with van der Waals surface area (Å²) < 4.78 is 7.17. The summed E-state index contributed by atoms with van der Waals surface area (Å²) in [4.78, 5) is 4.59. The van der Waals surface area contributed by atoms with Crippen LogP contribution in [0.3, 0.4) is 0 Å². The van der Waals surface area contributed by atoms with Crippen molar-refractivity contribution in [2.45, 2.75) is 33.6 Å². The summed E-state index contributed by atoms with van der Waals surface area (Å²) in [5, 5.41) is 0. The summed E-state index contributed by atoms with van der Waals surface area (Å²) in [5.74, 6) is 1.29. The molecule has 2 heterocycles. The molecule has 0 spiro atoms. The maximum Gasteiger partial charge on any atom is 0.126 e. The number of rotatable bonds is 1. The van der Waals surface area contributed by atoms with Crippen LogP contribution >= 0.6 is 15.9 Å². The smallest absolute Gasteiger partial charge is 0.126 e. The normalized spacial score (nSPS) is 16.9. The number of aromatic nitrogens is 1. The summed E-state index contributed by atoms with van der Waals surface area (Å²) in [6.45, 7) is 9.16. The van der Waals surface area contributed by atoms with E-state index in [1.807, 2.05) is 6.20 Å². The predicted octanol–water partition coefficient (Wildman–Crippen LogP) is 4.60. The van der Waals surface area contributed by atoms with Crippen molar-refractivity contribution in [3.05, 3.63) is 56.3 Å². The minimum atomic E-state index is 0.237. The molecule has 1 aliphatic heterocycles. The van der Waals surface area contributed by atoms with E-state index >= 15 is 0 Å². The van der Waals surface area contributed by atoms with Crippen LogP contribution in [0.4, 0.5) is 0 Å². The lowest BCUT2D eigenvalue weighted by molar-refractivity contribution is 0.339. The first-order valence-electron chi connectivity index (χ1n) is 6.85. The number of benzene rings is 1. The van der Waals surface area contributed by atoms with E-state index in [4.69, 9.17) is 4.74 Å². The quantitative estimate of drug-likeness (QED) is 0.761. The fourth-order valence-electron chi connectivity index (χ4n) is 2.88. The van der Waals surface area contributed by atoms with Crippen LogP contribution in [0.1, 0.15) is 39.4 Å². The zero-order valence-electron chi connectivity index (χ0n) is 12.2. The van der Waals surface area contributed by atoms with Crippen LogP contribution in [-0.2, 0) is 0 Å². The molecule has 1 aromatic heterocycles. The number of fused-ring (bicyclic) bond motifs is 1. The number of hydrogen-bond donors (Lipinski definition) is 0. The van der Waals surface area contributed by atoms with Gasteiger partial charge in [0.25, 0.3) is 0 Å². The van der Waals surface area contributed by atoms with Crippen molar-refractivity contribution in [3.8, 4) is 5.75 Å². The second-order valence-electron chi connectivity index (χ2n) is 5.56. The third kappa shape index (κ3) is 1.96. The molecule has 1 unspecified atom stereocenters. The molecule has 2 aromatic rings. The van der Waals surface area contributed by atoms with E-state index in [1.165, 1.54) is 32.3 Å². The molecule has 1 atom stereocenters. The number of pyridine rings is 1. The first-order chi connectivity index (χ1) is 9.50. The topological polar surface area (TPSA) is 22.1 Å². The molecule has 0 amide bonds. The van der Waals surface area contributed by atoms with Crippen molar-refractivity contribution >= 4 is 15.9 Å². The molecule has 3 rings (SSSR count). The Labute approximate surface area is 128 Å². The van der Waals surface area contributed by atoms with Gasteiger partial charge in [-0.25, -0.2) is 0 Å². The van der Waals surface area contributed by atoms with Crippen LogP contribution in [0.5, 0.6) is 5.75 Å². The fourth-order valence-corrected chi connectivity index (χ4v) is 3.39. The monoisotopic (exact) mass is 331 g/mol. The molecule has 0 saturated heterocycles. The van der Waals surface area contributed by atoms with Crippen molar-refractivity contribution in [1.82, 2.24) is 4.98 Å². The van der Waals surface area contributed by atoms with Gasteiger partial charge >= 0.3 is 0 Å². The Morgan fingerprint density at radius 2 is 1.85 bits per heavy atom. The molecule has 2 nitrogen and oxygen atoms in total. The average Bonchev–Trinajstić information content (AvgIpc) is 2.88. The zero-order chi connectivity index (χ0) is 14.4. The molecule has 0 saturated carbocycles. The molecule has 1 aromatic carbocycles. The summed E-state index contributed by atoms with van der Waals surface area (Å²) in [6, 6.07) is 4.23. The predicted molar refractivity (Wildman–Crippen MR) is 84.7 cm³/mol. The van der Waals surface area contributed by atoms with Gasteiger partial charge in [0, 0.05) is 16.2 Å². The first kappa shape index (κ1) is 13.6. The Balaban J connectivity index is 2.17. The van der Waals surface area contributed by atoms with E-state index < -0.39 is 0 Å². The number of hydrogen-bond acceptors (Lipinski definition) is 2.